The Kier molecular flexibility index (Phi) is 5.21. The molecule has 0 bridgehead atoms. The predicted molar refractivity (Wildman–Crippen MR) is 86.4 cm³/mol. The number of carbonyl (C=O) groups excluding carboxylic acids is 1. The van der Waals surface area contributed by atoms with E-state index in [4.69, 9.17) is 14.0 Å². The SMILES string of the molecule is CCOc1ccccc1-c1noc(COC(=O)c2cc(F)cc(F)c2)n1. The van der Waals surface area contributed by atoms with Gasteiger partial charge in [0.2, 0.25) is 5.82 Å². The Morgan fingerprint density at radius 2 is 1.88 bits per heavy atom. The van der Waals surface area contributed by atoms with Crippen LogP contribution in [-0.2, 0) is 11.3 Å². The molecule has 0 spiro atoms. The van der Waals surface area contributed by atoms with Crippen LogP contribution < -0.4 is 4.74 Å². The second kappa shape index (κ2) is 7.73. The molecule has 26 heavy (non-hydrogen) atoms. The molecule has 0 saturated heterocycles. The lowest BCUT2D eigenvalue weighted by atomic mass is 10.2. The van der Waals surface area contributed by atoms with E-state index in [-0.39, 0.29) is 23.9 Å². The summed E-state index contributed by atoms with van der Waals surface area (Å²) in [6.07, 6.45) is 0. The van der Waals surface area contributed by atoms with Crippen LogP contribution in [0.25, 0.3) is 11.4 Å². The van der Waals surface area contributed by atoms with Crippen molar-refractivity contribution < 1.29 is 27.6 Å². The summed E-state index contributed by atoms with van der Waals surface area (Å²) in [7, 11) is 0. The largest absolute Gasteiger partial charge is 0.493 e. The molecule has 3 rings (SSSR count). The van der Waals surface area contributed by atoms with Crippen LogP contribution in [0.5, 0.6) is 5.75 Å². The van der Waals surface area contributed by atoms with Gasteiger partial charge >= 0.3 is 5.97 Å². The van der Waals surface area contributed by atoms with Crippen LogP contribution in [0.3, 0.4) is 0 Å². The molecular formula is C18H14F2N2O4. The first kappa shape index (κ1) is 17.5. The van der Waals surface area contributed by atoms with E-state index in [9.17, 15) is 13.6 Å². The molecule has 0 fully saturated rings. The Morgan fingerprint density at radius 3 is 2.62 bits per heavy atom. The summed E-state index contributed by atoms with van der Waals surface area (Å²) in [5, 5.41) is 3.83. The Balaban J connectivity index is 1.70. The smallest absolute Gasteiger partial charge is 0.338 e. The maximum Gasteiger partial charge on any atom is 0.338 e. The van der Waals surface area contributed by atoms with Gasteiger partial charge in [-0.3, -0.25) is 0 Å². The summed E-state index contributed by atoms with van der Waals surface area (Å²) < 4.78 is 41.8. The molecule has 6 nitrogen and oxygen atoms in total. The topological polar surface area (TPSA) is 74.5 Å². The molecule has 8 heteroatoms. The van der Waals surface area contributed by atoms with Crippen LogP contribution in [0.4, 0.5) is 8.78 Å². The minimum Gasteiger partial charge on any atom is -0.493 e. The van der Waals surface area contributed by atoms with E-state index in [1.165, 1.54) is 0 Å². The van der Waals surface area contributed by atoms with E-state index in [1.54, 1.807) is 18.2 Å². The fraction of sp³-hybridized carbons (Fsp3) is 0.167. The molecule has 0 aliphatic heterocycles. The van der Waals surface area contributed by atoms with Crippen molar-refractivity contribution in [3.8, 4) is 17.1 Å². The number of para-hydroxylation sites is 1. The predicted octanol–water partition coefficient (Wildman–Crippen LogP) is 3.77. The van der Waals surface area contributed by atoms with Crippen LogP contribution in [0.15, 0.2) is 47.0 Å². The highest BCUT2D eigenvalue weighted by Gasteiger charge is 2.16. The standard InChI is InChI=1S/C18H14F2N2O4/c1-2-24-15-6-4-3-5-14(15)17-21-16(26-22-17)10-25-18(23)11-7-12(19)9-13(20)8-11/h3-9H,2,10H2,1H3. The number of esters is 1. The van der Waals surface area contributed by atoms with Crippen molar-refractivity contribution in [1.29, 1.82) is 0 Å². The van der Waals surface area contributed by atoms with Gasteiger partial charge < -0.3 is 14.0 Å². The summed E-state index contributed by atoms with van der Waals surface area (Å²) >= 11 is 0. The van der Waals surface area contributed by atoms with E-state index >= 15 is 0 Å². The minimum atomic E-state index is -0.905. The zero-order chi connectivity index (χ0) is 18.5. The molecule has 0 saturated carbocycles. The molecule has 2 aromatic carbocycles. The van der Waals surface area contributed by atoms with Gasteiger partial charge in [-0.2, -0.15) is 4.98 Å². The van der Waals surface area contributed by atoms with Gasteiger partial charge in [-0.1, -0.05) is 17.3 Å². The third-order valence-corrected chi connectivity index (χ3v) is 3.32. The Hall–Kier alpha value is -3.29. The molecule has 0 N–H and O–H groups in total. The highest BCUT2D eigenvalue weighted by atomic mass is 19.1. The summed E-state index contributed by atoms with van der Waals surface area (Å²) in [4.78, 5) is 16.0. The average molecular weight is 360 g/mol. The average Bonchev–Trinajstić information content (AvgIpc) is 3.08. The van der Waals surface area contributed by atoms with Crippen LogP contribution >= 0.6 is 0 Å². The molecule has 1 heterocycles. The van der Waals surface area contributed by atoms with Gasteiger partial charge in [-0.25, -0.2) is 13.6 Å². The molecule has 0 radical (unpaired) electrons. The second-order valence-corrected chi connectivity index (χ2v) is 5.18. The summed E-state index contributed by atoms with van der Waals surface area (Å²) in [5.41, 5.74) is 0.381. The Bertz CT molecular complexity index is 907. The molecule has 3 aromatic rings. The highest BCUT2D eigenvalue weighted by molar-refractivity contribution is 5.89. The first-order valence-electron chi connectivity index (χ1n) is 7.75. The van der Waals surface area contributed by atoms with Crippen molar-refractivity contribution in [3.05, 3.63) is 65.6 Å². The number of hydrogen-bond donors (Lipinski definition) is 0. The van der Waals surface area contributed by atoms with Gasteiger partial charge in [0.1, 0.15) is 17.4 Å². The molecule has 0 aliphatic carbocycles. The Morgan fingerprint density at radius 1 is 1.15 bits per heavy atom. The van der Waals surface area contributed by atoms with Gasteiger partial charge in [0.05, 0.1) is 17.7 Å². The third kappa shape index (κ3) is 4.02. The number of ether oxygens (including phenoxy) is 2. The minimum absolute atomic E-state index is 0.0385. The lowest BCUT2D eigenvalue weighted by Crippen LogP contribution is -2.06. The zero-order valence-electron chi connectivity index (χ0n) is 13.7. The number of nitrogens with zero attached hydrogens (tertiary/aromatic N) is 2. The number of halogens is 2. The second-order valence-electron chi connectivity index (χ2n) is 5.18. The van der Waals surface area contributed by atoms with Gasteiger partial charge in [0.25, 0.3) is 5.89 Å². The van der Waals surface area contributed by atoms with Crippen LogP contribution in [0, 0.1) is 11.6 Å². The van der Waals surface area contributed by atoms with E-state index in [0.29, 0.717) is 24.0 Å². The highest BCUT2D eigenvalue weighted by Crippen LogP contribution is 2.27. The molecule has 134 valence electrons. The quantitative estimate of drug-likeness (QED) is 0.623. The van der Waals surface area contributed by atoms with Crippen LogP contribution in [-0.4, -0.2) is 22.7 Å². The number of hydrogen-bond acceptors (Lipinski definition) is 6. The third-order valence-electron chi connectivity index (χ3n) is 3.32. The first-order chi connectivity index (χ1) is 12.6. The fourth-order valence-electron chi connectivity index (χ4n) is 2.24. The fourth-order valence-corrected chi connectivity index (χ4v) is 2.24. The number of carbonyl (C=O) groups is 1. The maximum atomic E-state index is 13.1. The molecule has 0 unspecified atom stereocenters. The van der Waals surface area contributed by atoms with Crippen molar-refractivity contribution >= 4 is 5.97 Å². The number of aromatic nitrogens is 2. The normalized spacial score (nSPS) is 10.6. The van der Waals surface area contributed by atoms with Crippen LogP contribution in [0.1, 0.15) is 23.2 Å². The number of rotatable bonds is 6. The molecule has 1 aromatic heterocycles. The van der Waals surface area contributed by atoms with Gasteiger partial charge in [0, 0.05) is 6.07 Å². The van der Waals surface area contributed by atoms with Crippen LogP contribution in [0.2, 0.25) is 0 Å². The summed E-state index contributed by atoms with van der Waals surface area (Å²) in [6.45, 7) is 2.00. The van der Waals surface area contributed by atoms with Gasteiger partial charge in [-0.05, 0) is 31.2 Å². The van der Waals surface area contributed by atoms with Crippen molar-refractivity contribution in [3.63, 3.8) is 0 Å². The van der Waals surface area contributed by atoms with Crippen molar-refractivity contribution in [2.75, 3.05) is 6.61 Å². The van der Waals surface area contributed by atoms with Gasteiger partial charge in [0.15, 0.2) is 6.61 Å². The number of benzene rings is 2. The first-order valence-corrected chi connectivity index (χ1v) is 7.75. The van der Waals surface area contributed by atoms with Crippen molar-refractivity contribution in [1.82, 2.24) is 10.1 Å². The van der Waals surface area contributed by atoms with Crippen molar-refractivity contribution in [2.45, 2.75) is 13.5 Å². The lowest BCUT2D eigenvalue weighted by Gasteiger charge is -2.06. The molecular weight excluding hydrogens is 346 g/mol. The van der Waals surface area contributed by atoms with E-state index in [2.05, 4.69) is 10.1 Å². The molecule has 0 atom stereocenters. The van der Waals surface area contributed by atoms with E-state index in [1.807, 2.05) is 13.0 Å². The summed E-state index contributed by atoms with van der Waals surface area (Å²) in [5.74, 6) is -1.74. The zero-order valence-corrected chi connectivity index (χ0v) is 13.7. The molecule has 0 amide bonds. The van der Waals surface area contributed by atoms with Gasteiger partial charge in [-0.15, -0.1) is 0 Å². The monoisotopic (exact) mass is 360 g/mol. The Labute approximate surface area is 147 Å². The van der Waals surface area contributed by atoms with Crippen molar-refractivity contribution in [2.24, 2.45) is 0 Å². The van der Waals surface area contributed by atoms with E-state index in [0.717, 1.165) is 12.1 Å². The summed E-state index contributed by atoms with van der Waals surface area (Å²) in [6, 6.07) is 9.57. The maximum absolute atomic E-state index is 13.1. The van der Waals surface area contributed by atoms with E-state index < -0.39 is 17.6 Å². The molecule has 0 aliphatic rings. The lowest BCUT2D eigenvalue weighted by molar-refractivity contribution is 0.0428.